The lowest BCUT2D eigenvalue weighted by Gasteiger charge is -2.13. The summed E-state index contributed by atoms with van der Waals surface area (Å²) < 4.78 is 62.3. The van der Waals surface area contributed by atoms with E-state index in [9.17, 15) is 26.7 Å². The number of halogens is 6. The summed E-state index contributed by atoms with van der Waals surface area (Å²) in [4.78, 5) is 11.0. The van der Waals surface area contributed by atoms with E-state index in [1.165, 1.54) is 0 Å². The molecule has 1 rings (SSSR count). The van der Waals surface area contributed by atoms with Crippen molar-refractivity contribution in [3.05, 3.63) is 33.8 Å². The summed E-state index contributed by atoms with van der Waals surface area (Å²) in [6, 6.07) is 0.769. The van der Waals surface area contributed by atoms with Crippen LogP contribution in [0.15, 0.2) is 12.1 Å². The van der Waals surface area contributed by atoms with Gasteiger partial charge < -0.3 is 0 Å². The van der Waals surface area contributed by atoms with Crippen molar-refractivity contribution in [2.45, 2.75) is 19.5 Å². The minimum atomic E-state index is -4.74. The fraction of sp³-hybridized carbons (Fsp3) is 0.300. The summed E-state index contributed by atoms with van der Waals surface area (Å²) in [6.07, 6.45) is -7.85. The Kier molecular flexibility index (Phi) is 3.76. The van der Waals surface area contributed by atoms with Gasteiger partial charge in [-0.25, -0.2) is 8.78 Å². The zero-order valence-corrected chi connectivity index (χ0v) is 9.16. The van der Waals surface area contributed by atoms with Crippen LogP contribution < -0.4 is 0 Å². The summed E-state index contributed by atoms with van der Waals surface area (Å²) in [5, 5.41) is -0.764. The van der Waals surface area contributed by atoms with Crippen LogP contribution >= 0.6 is 11.6 Å². The second-order valence-electron chi connectivity index (χ2n) is 3.27. The third-order valence-electron chi connectivity index (χ3n) is 2.05. The Bertz CT molecular complexity index is 453. The molecule has 0 spiro atoms. The second kappa shape index (κ2) is 4.60. The van der Waals surface area contributed by atoms with Crippen molar-refractivity contribution in [2.75, 3.05) is 0 Å². The van der Waals surface area contributed by atoms with Crippen LogP contribution in [-0.2, 0) is 6.18 Å². The number of hydrogen-bond acceptors (Lipinski definition) is 1. The van der Waals surface area contributed by atoms with Crippen molar-refractivity contribution >= 4 is 17.4 Å². The molecule has 0 bridgehead atoms. The first-order chi connectivity index (χ1) is 7.64. The third kappa shape index (κ3) is 2.94. The Morgan fingerprint density at radius 1 is 1.29 bits per heavy atom. The fourth-order valence-corrected chi connectivity index (χ4v) is 1.60. The van der Waals surface area contributed by atoms with E-state index in [-0.39, 0.29) is 0 Å². The largest absolute Gasteiger partial charge is 0.416 e. The average molecular weight is 273 g/mol. The van der Waals surface area contributed by atoms with Crippen molar-refractivity contribution in [3.63, 3.8) is 0 Å². The highest BCUT2D eigenvalue weighted by Crippen LogP contribution is 2.37. The predicted molar refractivity (Wildman–Crippen MR) is 51.4 cm³/mol. The molecule has 1 aromatic carbocycles. The van der Waals surface area contributed by atoms with Gasteiger partial charge in [-0.1, -0.05) is 11.6 Å². The molecule has 0 unspecified atom stereocenters. The maximum Gasteiger partial charge on any atom is 0.416 e. The lowest BCUT2D eigenvalue weighted by atomic mass is 10.0. The molecule has 1 nitrogen and oxygen atoms in total. The Labute approximate surface area is 98.2 Å². The molecule has 0 saturated heterocycles. The molecule has 17 heavy (non-hydrogen) atoms. The van der Waals surface area contributed by atoms with Crippen LogP contribution in [0.1, 0.15) is 34.8 Å². The molecule has 1 aromatic rings. The van der Waals surface area contributed by atoms with Gasteiger partial charge in [-0.15, -0.1) is 0 Å². The molecule has 0 fully saturated rings. The Morgan fingerprint density at radius 3 is 2.18 bits per heavy atom. The summed E-state index contributed by atoms with van der Waals surface area (Å²) in [5.74, 6) is -0.895. The number of carbonyl (C=O) groups excluding carboxylic acids is 1. The predicted octanol–water partition coefficient (Wildman–Crippen LogP) is 4.50. The molecule has 0 radical (unpaired) electrons. The molecule has 0 heterocycles. The van der Waals surface area contributed by atoms with E-state index >= 15 is 0 Å². The van der Waals surface area contributed by atoms with Gasteiger partial charge in [-0.3, -0.25) is 4.79 Å². The lowest BCUT2D eigenvalue weighted by molar-refractivity contribution is -0.137. The van der Waals surface area contributed by atoms with Gasteiger partial charge in [0.25, 0.3) is 6.43 Å². The number of benzene rings is 1. The fourth-order valence-electron chi connectivity index (χ4n) is 1.29. The van der Waals surface area contributed by atoms with Crippen LogP contribution in [0.5, 0.6) is 0 Å². The van der Waals surface area contributed by atoms with E-state index in [0.717, 1.165) is 6.92 Å². The number of alkyl halides is 5. The van der Waals surface area contributed by atoms with Crippen LogP contribution in [0.2, 0.25) is 5.02 Å². The molecular formula is C10H6ClF5O. The quantitative estimate of drug-likeness (QED) is 0.572. The summed E-state index contributed by atoms with van der Waals surface area (Å²) in [6.45, 7) is 0.900. The van der Waals surface area contributed by atoms with Gasteiger partial charge in [0.2, 0.25) is 0 Å². The summed E-state index contributed by atoms with van der Waals surface area (Å²) in [5.41, 5.74) is -2.80. The normalized spacial score (nSPS) is 12.0. The number of carbonyl (C=O) groups is 1. The minimum Gasteiger partial charge on any atom is -0.294 e. The second-order valence-corrected chi connectivity index (χ2v) is 3.68. The maximum absolute atomic E-state index is 12.6. The maximum atomic E-state index is 12.6. The van der Waals surface area contributed by atoms with E-state index in [1.54, 1.807) is 0 Å². The summed E-state index contributed by atoms with van der Waals surface area (Å²) in [7, 11) is 0. The first-order valence-electron chi connectivity index (χ1n) is 4.34. The highest BCUT2D eigenvalue weighted by Gasteiger charge is 2.33. The minimum absolute atomic E-state index is 0.384. The summed E-state index contributed by atoms with van der Waals surface area (Å²) >= 11 is 5.35. The van der Waals surface area contributed by atoms with Gasteiger partial charge in [0.05, 0.1) is 10.6 Å². The van der Waals surface area contributed by atoms with Crippen molar-refractivity contribution in [3.8, 4) is 0 Å². The Hall–Kier alpha value is -1.17. The lowest BCUT2D eigenvalue weighted by Crippen LogP contribution is -2.10. The molecular weight excluding hydrogens is 267 g/mol. The van der Waals surface area contributed by atoms with Gasteiger partial charge in [0.1, 0.15) is 0 Å². The van der Waals surface area contributed by atoms with E-state index in [4.69, 9.17) is 11.6 Å². The highest BCUT2D eigenvalue weighted by atomic mass is 35.5. The van der Waals surface area contributed by atoms with Crippen LogP contribution in [0.25, 0.3) is 0 Å². The Morgan fingerprint density at radius 2 is 1.82 bits per heavy atom. The van der Waals surface area contributed by atoms with Crippen molar-refractivity contribution < 1.29 is 26.7 Å². The molecule has 0 aliphatic heterocycles. The monoisotopic (exact) mass is 272 g/mol. The first-order valence-corrected chi connectivity index (χ1v) is 4.72. The average Bonchev–Trinajstić information content (AvgIpc) is 2.13. The van der Waals surface area contributed by atoms with E-state index in [0.29, 0.717) is 12.1 Å². The zero-order valence-electron chi connectivity index (χ0n) is 8.41. The first kappa shape index (κ1) is 13.9. The molecule has 0 aliphatic rings. The molecule has 0 N–H and O–H groups in total. The smallest absolute Gasteiger partial charge is 0.294 e. The molecule has 0 amide bonds. The SMILES string of the molecule is CC(=O)c1cc(C(F)(F)F)cc(Cl)c1C(F)F. The van der Waals surface area contributed by atoms with Gasteiger partial charge in [-0.2, -0.15) is 13.2 Å². The number of Topliss-reactive ketones (excluding diaryl/α,β-unsaturated/α-hetero) is 1. The molecule has 0 aromatic heterocycles. The molecule has 94 valence electrons. The van der Waals surface area contributed by atoms with Crippen molar-refractivity contribution in [1.29, 1.82) is 0 Å². The van der Waals surface area contributed by atoms with Gasteiger partial charge in [0, 0.05) is 11.1 Å². The van der Waals surface area contributed by atoms with Crippen LogP contribution in [0.3, 0.4) is 0 Å². The molecule has 0 aliphatic carbocycles. The van der Waals surface area contributed by atoms with Crippen LogP contribution in [-0.4, -0.2) is 5.78 Å². The molecule has 7 heteroatoms. The topological polar surface area (TPSA) is 17.1 Å². The van der Waals surface area contributed by atoms with Crippen molar-refractivity contribution in [1.82, 2.24) is 0 Å². The molecule has 0 saturated carbocycles. The number of ketones is 1. The number of rotatable bonds is 2. The Balaban J connectivity index is 3.53. The van der Waals surface area contributed by atoms with E-state index in [2.05, 4.69) is 0 Å². The van der Waals surface area contributed by atoms with Gasteiger partial charge >= 0.3 is 6.18 Å². The highest BCUT2D eigenvalue weighted by molar-refractivity contribution is 6.32. The van der Waals surface area contributed by atoms with Crippen molar-refractivity contribution in [2.24, 2.45) is 0 Å². The number of hydrogen-bond donors (Lipinski definition) is 0. The van der Waals surface area contributed by atoms with Crippen LogP contribution in [0.4, 0.5) is 22.0 Å². The zero-order chi connectivity index (χ0) is 13.4. The third-order valence-corrected chi connectivity index (χ3v) is 2.37. The van der Waals surface area contributed by atoms with Crippen LogP contribution in [0, 0.1) is 0 Å². The molecule has 0 atom stereocenters. The van der Waals surface area contributed by atoms with Gasteiger partial charge in [0.15, 0.2) is 5.78 Å². The van der Waals surface area contributed by atoms with E-state index in [1.807, 2.05) is 0 Å². The standard InChI is InChI=1S/C10H6ClF5O/c1-4(17)6-2-5(10(14,15)16)3-7(11)8(6)9(12)13/h2-3,9H,1H3. The van der Waals surface area contributed by atoms with Gasteiger partial charge in [-0.05, 0) is 19.1 Å². The van der Waals surface area contributed by atoms with E-state index < -0.39 is 40.1 Å².